The monoisotopic (exact) mass is 562 g/mol. The zero-order valence-electron chi connectivity index (χ0n) is 22.4. The van der Waals surface area contributed by atoms with Gasteiger partial charge in [0.05, 0.1) is 11.5 Å². The SMILES string of the molecule is CCOc1cc(/C=C2\SC(Nc3ccccc3)N([C@@H]3CCCC[C@H]3C)C2=O)ccc1OCc1ccccc1Cl. The third-order valence-electron chi connectivity index (χ3n) is 7.33. The number of benzene rings is 3. The lowest BCUT2D eigenvalue weighted by atomic mass is 9.85. The highest BCUT2D eigenvalue weighted by molar-refractivity contribution is 8.05. The number of anilines is 1. The van der Waals surface area contributed by atoms with E-state index >= 15 is 0 Å². The highest BCUT2D eigenvalue weighted by atomic mass is 35.5. The summed E-state index contributed by atoms with van der Waals surface area (Å²) in [6.07, 6.45) is 6.56. The van der Waals surface area contributed by atoms with Crippen molar-refractivity contribution in [2.45, 2.75) is 57.7 Å². The molecule has 1 heterocycles. The Morgan fingerprint density at radius 3 is 2.54 bits per heavy atom. The Morgan fingerprint density at radius 2 is 1.77 bits per heavy atom. The Kier molecular flexibility index (Phi) is 9.05. The van der Waals surface area contributed by atoms with Crippen molar-refractivity contribution in [3.63, 3.8) is 0 Å². The molecule has 1 aliphatic carbocycles. The molecular formula is C32H35ClN2O3S. The lowest BCUT2D eigenvalue weighted by molar-refractivity contribution is -0.129. The highest BCUT2D eigenvalue weighted by Gasteiger charge is 2.42. The number of amides is 1. The van der Waals surface area contributed by atoms with Crippen molar-refractivity contribution in [3.8, 4) is 11.5 Å². The van der Waals surface area contributed by atoms with Crippen LogP contribution in [-0.2, 0) is 11.4 Å². The molecule has 0 radical (unpaired) electrons. The Labute approximate surface area is 240 Å². The van der Waals surface area contributed by atoms with Crippen LogP contribution in [0.5, 0.6) is 11.5 Å². The molecule has 2 aliphatic rings. The molecule has 1 saturated carbocycles. The number of rotatable bonds is 9. The fourth-order valence-corrected chi connectivity index (χ4v) is 6.69. The highest BCUT2D eigenvalue weighted by Crippen LogP contribution is 2.42. The molecule has 3 atom stereocenters. The topological polar surface area (TPSA) is 50.8 Å². The van der Waals surface area contributed by atoms with Gasteiger partial charge in [-0.05, 0) is 67.7 Å². The zero-order chi connectivity index (χ0) is 27.2. The van der Waals surface area contributed by atoms with Gasteiger partial charge in [0.1, 0.15) is 6.61 Å². The number of nitrogens with zero attached hydrogens (tertiary/aromatic N) is 1. The molecule has 3 aromatic carbocycles. The molecule has 1 amide bonds. The first-order valence-electron chi connectivity index (χ1n) is 13.7. The van der Waals surface area contributed by atoms with E-state index in [9.17, 15) is 4.79 Å². The van der Waals surface area contributed by atoms with Gasteiger partial charge in [0.15, 0.2) is 17.0 Å². The van der Waals surface area contributed by atoms with Gasteiger partial charge in [-0.1, -0.05) is 85.6 Å². The summed E-state index contributed by atoms with van der Waals surface area (Å²) < 4.78 is 12.0. The van der Waals surface area contributed by atoms with Crippen molar-refractivity contribution in [1.82, 2.24) is 4.90 Å². The normalized spacial score (nSPS) is 22.2. The van der Waals surface area contributed by atoms with E-state index in [2.05, 4.69) is 17.1 Å². The second-order valence-corrected chi connectivity index (χ2v) is 11.6. The van der Waals surface area contributed by atoms with E-state index in [1.54, 1.807) is 11.8 Å². The minimum atomic E-state index is -0.152. The Hall–Kier alpha value is -3.09. The molecule has 1 unspecified atom stereocenters. The molecule has 1 aliphatic heterocycles. The Morgan fingerprint density at radius 1 is 1.00 bits per heavy atom. The molecule has 39 heavy (non-hydrogen) atoms. The molecule has 204 valence electrons. The van der Waals surface area contributed by atoms with Gasteiger partial charge in [0.2, 0.25) is 0 Å². The molecule has 3 aromatic rings. The second-order valence-electron chi connectivity index (χ2n) is 10.0. The maximum atomic E-state index is 13.9. The number of thioether (sulfide) groups is 1. The third kappa shape index (κ3) is 6.56. The smallest absolute Gasteiger partial charge is 0.262 e. The summed E-state index contributed by atoms with van der Waals surface area (Å²) in [6, 6.07) is 23.8. The predicted octanol–water partition coefficient (Wildman–Crippen LogP) is 8.21. The summed E-state index contributed by atoms with van der Waals surface area (Å²) in [7, 11) is 0. The zero-order valence-corrected chi connectivity index (χ0v) is 24.0. The molecule has 1 saturated heterocycles. The molecular weight excluding hydrogens is 528 g/mol. The minimum absolute atomic E-state index is 0.0872. The number of para-hydroxylation sites is 1. The first kappa shape index (κ1) is 27.5. The van der Waals surface area contributed by atoms with E-state index in [-0.39, 0.29) is 17.4 Å². The van der Waals surface area contributed by atoms with Crippen molar-refractivity contribution >= 4 is 41.0 Å². The molecule has 0 aromatic heterocycles. The number of nitrogens with one attached hydrogen (secondary N) is 1. The molecule has 5 nitrogen and oxygen atoms in total. The van der Waals surface area contributed by atoms with Crippen LogP contribution in [0.3, 0.4) is 0 Å². The van der Waals surface area contributed by atoms with Gasteiger partial charge in [-0.2, -0.15) is 0 Å². The number of halogens is 1. The Bertz CT molecular complexity index is 1320. The maximum absolute atomic E-state index is 13.9. The van der Waals surface area contributed by atoms with Crippen LogP contribution in [0, 0.1) is 5.92 Å². The molecule has 5 rings (SSSR count). The molecule has 1 N–H and O–H groups in total. The molecule has 0 spiro atoms. The van der Waals surface area contributed by atoms with E-state index in [1.165, 1.54) is 6.42 Å². The van der Waals surface area contributed by atoms with Crippen LogP contribution in [0.4, 0.5) is 5.69 Å². The Balaban J connectivity index is 1.39. The van der Waals surface area contributed by atoms with E-state index in [4.69, 9.17) is 21.1 Å². The van der Waals surface area contributed by atoms with Gasteiger partial charge in [-0.15, -0.1) is 0 Å². The van der Waals surface area contributed by atoms with Crippen LogP contribution in [0.25, 0.3) is 6.08 Å². The fourth-order valence-electron chi connectivity index (χ4n) is 5.29. The third-order valence-corrected chi connectivity index (χ3v) is 8.81. The number of hydrogen-bond donors (Lipinski definition) is 1. The van der Waals surface area contributed by atoms with Gasteiger partial charge in [-0.25, -0.2) is 0 Å². The van der Waals surface area contributed by atoms with Gasteiger partial charge < -0.3 is 19.7 Å². The summed E-state index contributed by atoms with van der Waals surface area (Å²) in [5.41, 5.74) is 2.67. The number of ether oxygens (including phenoxy) is 2. The standard InChI is InChI=1S/C32H35ClN2O3S/c1-3-37-29-19-23(17-18-28(29)38-21-24-12-8-9-15-26(24)33)20-30-31(36)35(27-16-10-7-11-22(27)2)32(39-30)34-25-13-5-4-6-14-25/h4-6,8-9,12-15,17-20,22,27,32,34H,3,7,10-11,16,21H2,1-2H3/b30-20-/t22-,27-,32?/m1/s1. The number of carbonyl (C=O) groups is 1. The average Bonchev–Trinajstić information content (AvgIpc) is 3.24. The van der Waals surface area contributed by atoms with Crippen LogP contribution in [0.15, 0.2) is 77.7 Å². The van der Waals surface area contributed by atoms with Crippen molar-refractivity contribution in [2.75, 3.05) is 11.9 Å². The largest absolute Gasteiger partial charge is 0.490 e. The van der Waals surface area contributed by atoms with Crippen molar-refractivity contribution in [3.05, 3.63) is 93.9 Å². The lowest BCUT2D eigenvalue weighted by Gasteiger charge is -2.39. The van der Waals surface area contributed by atoms with Crippen LogP contribution in [0.2, 0.25) is 5.02 Å². The average molecular weight is 563 g/mol. The van der Waals surface area contributed by atoms with Crippen LogP contribution < -0.4 is 14.8 Å². The molecule has 0 bridgehead atoms. The van der Waals surface area contributed by atoms with Gasteiger partial charge in [0.25, 0.3) is 5.91 Å². The predicted molar refractivity (Wildman–Crippen MR) is 161 cm³/mol. The van der Waals surface area contributed by atoms with E-state index in [0.717, 1.165) is 41.0 Å². The van der Waals surface area contributed by atoms with Gasteiger partial charge in [-0.3, -0.25) is 4.79 Å². The van der Waals surface area contributed by atoms with E-state index in [0.29, 0.717) is 35.7 Å². The minimum Gasteiger partial charge on any atom is -0.490 e. The second kappa shape index (κ2) is 12.8. The van der Waals surface area contributed by atoms with Crippen LogP contribution >= 0.6 is 23.4 Å². The summed E-state index contributed by atoms with van der Waals surface area (Å²) in [4.78, 5) is 16.7. The first-order chi connectivity index (χ1) is 19.0. The van der Waals surface area contributed by atoms with Gasteiger partial charge in [0, 0.05) is 22.3 Å². The van der Waals surface area contributed by atoms with Crippen molar-refractivity contribution < 1.29 is 14.3 Å². The summed E-state index contributed by atoms with van der Waals surface area (Å²) in [5, 5.41) is 4.27. The quantitative estimate of drug-likeness (QED) is 0.266. The summed E-state index contributed by atoms with van der Waals surface area (Å²) in [6.45, 7) is 5.07. The number of carbonyl (C=O) groups excluding carboxylic acids is 1. The summed E-state index contributed by atoms with van der Waals surface area (Å²) >= 11 is 7.89. The maximum Gasteiger partial charge on any atom is 0.262 e. The fraction of sp³-hybridized carbons (Fsp3) is 0.344. The lowest BCUT2D eigenvalue weighted by Crippen LogP contribution is -2.48. The first-order valence-corrected chi connectivity index (χ1v) is 14.9. The van der Waals surface area contributed by atoms with Crippen molar-refractivity contribution in [1.29, 1.82) is 0 Å². The van der Waals surface area contributed by atoms with Gasteiger partial charge >= 0.3 is 0 Å². The van der Waals surface area contributed by atoms with Crippen molar-refractivity contribution in [2.24, 2.45) is 5.92 Å². The molecule has 2 fully saturated rings. The summed E-state index contributed by atoms with van der Waals surface area (Å²) in [5.74, 6) is 1.85. The number of hydrogen-bond acceptors (Lipinski definition) is 5. The molecule has 7 heteroatoms. The van der Waals surface area contributed by atoms with Crippen LogP contribution in [0.1, 0.15) is 50.7 Å². The van der Waals surface area contributed by atoms with Crippen LogP contribution in [-0.4, -0.2) is 29.0 Å². The van der Waals surface area contributed by atoms with E-state index in [1.807, 2.05) is 85.8 Å². The van der Waals surface area contributed by atoms with E-state index < -0.39 is 0 Å².